The summed E-state index contributed by atoms with van der Waals surface area (Å²) in [5.41, 5.74) is 1.24. The van der Waals surface area contributed by atoms with E-state index < -0.39 is 0 Å². The molecule has 80 valence electrons. The van der Waals surface area contributed by atoms with E-state index in [4.69, 9.17) is 0 Å². The molecule has 4 heteroatoms. The van der Waals surface area contributed by atoms with Crippen molar-refractivity contribution in [1.82, 2.24) is 4.98 Å². The van der Waals surface area contributed by atoms with Crippen LogP contribution in [0.2, 0.25) is 0 Å². The van der Waals surface area contributed by atoms with Crippen molar-refractivity contribution in [2.75, 3.05) is 0 Å². The molecule has 1 aromatic heterocycles. The molecule has 0 unspecified atom stereocenters. The summed E-state index contributed by atoms with van der Waals surface area (Å²) in [5, 5.41) is 4.00. The second-order valence-corrected chi connectivity index (χ2v) is 4.09. The zero-order chi connectivity index (χ0) is 11.2. The number of pyridine rings is 1. The number of hydrogen-bond donors (Lipinski definition) is 0. The number of benzene rings is 1. The van der Waals surface area contributed by atoms with Crippen LogP contribution in [0.25, 0.3) is 0 Å². The second kappa shape index (κ2) is 5.42. The summed E-state index contributed by atoms with van der Waals surface area (Å²) in [7, 11) is 0. The molecule has 0 bridgehead atoms. The quantitative estimate of drug-likeness (QED) is 0.585. The molecule has 1 aromatic carbocycles. The van der Waals surface area contributed by atoms with Gasteiger partial charge in [-0.1, -0.05) is 23.8 Å². The molecule has 0 aliphatic carbocycles. The van der Waals surface area contributed by atoms with E-state index in [9.17, 15) is 0 Å². The average Bonchev–Trinajstić information content (AvgIpc) is 2.33. The molecule has 0 N–H and O–H groups in total. The summed E-state index contributed by atoms with van der Waals surface area (Å²) in [6.45, 7) is 2.06. The molecular weight excluding hydrogens is 218 g/mol. The summed E-state index contributed by atoms with van der Waals surface area (Å²) >= 11 is 1.34. The molecule has 0 saturated carbocycles. The van der Waals surface area contributed by atoms with Crippen molar-refractivity contribution in [2.24, 2.45) is 9.63 Å². The van der Waals surface area contributed by atoms with E-state index in [1.165, 1.54) is 17.5 Å². The summed E-state index contributed by atoms with van der Waals surface area (Å²) < 4.78 is 4.02. The molecule has 3 nitrogen and oxygen atoms in total. The van der Waals surface area contributed by atoms with Gasteiger partial charge in [0.1, 0.15) is 0 Å². The zero-order valence-corrected chi connectivity index (χ0v) is 9.69. The molecule has 2 aromatic rings. The summed E-state index contributed by atoms with van der Waals surface area (Å²) in [6.07, 6.45) is 1.70. The van der Waals surface area contributed by atoms with Gasteiger partial charge in [-0.3, -0.25) is 0 Å². The van der Waals surface area contributed by atoms with Crippen molar-refractivity contribution in [2.45, 2.75) is 11.8 Å². The van der Waals surface area contributed by atoms with E-state index in [1.807, 2.05) is 30.3 Å². The highest BCUT2D eigenvalue weighted by atomic mass is 32.2. The topological polar surface area (TPSA) is 37.6 Å². The van der Waals surface area contributed by atoms with Crippen LogP contribution in [0.1, 0.15) is 5.56 Å². The predicted octanol–water partition coefficient (Wildman–Crippen LogP) is 4.18. The Labute approximate surface area is 98.8 Å². The lowest BCUT2D eigenvalue weighted by Gasteiger charge is -1.94. The second-order valence-electron chi connectivity index (χ2n) is 3.27. The first-order valence-corrected chi connectivity index (χ1v) is 5.68. The highest BCUT2D eigenvalue weighted by Crippen LogP contribution is 2.21. The summed E-state index contributed by atoms with van der Waals surface area (Å²) in [4.78, 5) is 5.12. The fourth-order valence-corrected chi connectivity index (χ4v) is 1.60. The minimum absolute atomic E-state index is 0.627. The highest BCUT2D eigenvalue weighted by molar-refractivity contribution is 7.97. The molecule has 0 spiro atoms. The Balaban J connectivity index is 1.97. The van der Waals surface area contributed by atoms with Gasteiger partial charge in [0.25, 0.3) is 0 Å². The number of nitrogens with zero attached hydrogens (tertiary/aromatic N) is 3. The fourth-order valence-electron chi connectivity index (χ4n) is 1.12. The first kappa shape index (κ1) is 10.8. The van der Waals surface area contributed by atoms with Gasteiger partial charge >= 0.3 is 0 Å². The van der Waals surface area contributed by atoms with Crippen molar-refractivity contribution in [3.63, 3.8) is 0 Å². The van der Waals surface area contributed by atoms with Crippen LogP contribution in [0.4, 0.5) is 5.82 Å². The standard InChI is InChI=1S/C12H11N3S/c1-10-5-7-11(8-6-10)16-15-14-12-4-2-3-9-13-12/h2-9H,1H3/b15-14+. The predicted molar refractivity (Wildman–Crippen MR) is 65.8 cm³/mol. The summed E-state index contributed by atoms with van der Waals surface area (Å²) in [6, 6.07) is 13.7. The van der Waals surface area contributed by atoms with Gasteiger partial charge in [-0.25, -0.2) is 4.98 Å². The van der Waals surface area contributed by atoms with Gasteiger partial charge in [0.15, 0.2) is 5.82 Å². The maximum Gasteiger partial charge on any atom is 0.175 e. The minimum Gasteiger partial charge on any atom is -0.236 e. The van der Waals surface area contributed by atoms with Crippen LogP contribution in [0.5, 0.6) is 0 Å². The van der Waals surface area contributed by atoms with E-state index in [2.05, 4.69) is 33.7 Å². The summed E-state index contributed by atoms with van der Waals surface area (Å²) in [5.74, 6) is 0.627. The van der Waals surface area contributed by atoms with Gasteiger partial charge in [-0.15, -0.1) is 9.63 Å². The van der Waals surface area contributed by atoms with Crippen LogP contribution in [0.15, 0.2) is 63.2 Å². The normalized spacial score (nSPS) is 10.8. The van der Waals surface area contributed by atoms with Crippen molar-refractivity contribution < 1.29 is 0 Å². The van der Waals surface area contributed by atoms with Crippen LogP contribution < -0.4 is 0 Å². The number of hydrogen-bond acceptors (Lipinski definition) is 4. The molecule has 0 fully saturated rings. The van der Waals surface area contributed by atoms with Crippen molar-refractivity contribution in [3.8, 4) is 0 Å². The molecule has 2 rings (SSSR count). The smallest absolute Gasteiger partial charge is 0.175 e. The van der Waals surface area contributed by atoms with E-state index in [0.717, 1.165) is 4.90 Å². The molecule has 16 heavy (non-hydrogen) atoms. The van der Waals surface area contributed by atoms with Crippen LogP contribution in [-0.2, 0) is 0 Å². The van der Waals surface area contributed by atoms with Gasteiger partial charge in [0.05, 0.1) is 0 Å². The fraction of sp³-hybridized carbons (Fsp3) is 0.0833. The maximum absolute atomic E-state index is 4.05. The van der Waals surface area contributed by atoms with Crippen molar-refractivity contribution in [3.05, 3.63) is 54.2 Å². The van der Waals surface area contributed by atoms with Crippen LogP contribution in [-0.4, -0.2) is 4.98 Å². The Kier molecular flexibility index (Phi) is 3.66. The number of rotatable bonds is 3. The van der Waals surface area contributed by atoms with Crippen molar-refractivity contribution >= 4 is 17.8 Å². The molecule has 0 aliphatic rings. The van der Waals surface area contributed by atoms with E-state index >= 15 is 0 Å². The zero-order valence-electron chi connectivity index (χ0n) is 8.87. The third kappa shape index (κ3) is 3.17. The van der Waals surface area contributed by atoms with Gasteiger partial charge in [-0.05, 0) is 31.2 Å². The van der Waals surface area contributed by atoms with Gasteiger partial charge in [0.2, 0.25) is 0 Å². The maximum atomic E-state index is 4.05. The molecule has 0 saturated heterocycles. The Morgan fingerprint density at radius 1 is 1.06 bits per heavy atom. The van der Waals surface area contributed by atoms with Gasteiger partial charge < -0.3 is 0 Å². The Bertz CT molecular complexity index is 465. The molecule has 0 aliphatic heterocycles. The van der Waals surface area contributed by atoms with E-state index in [1.54, 1.807) is 6.20 Å². The number of aromatic nitrogens is 1. The van der Waals surface area contributed by atoms with Crippen LogP contribution >= 0.6 is 11.9 Å². The van der Waals surface area contributed by atoms with E-state index in [-0.39, 0.29) is 0 Å². The Morgan fingerprint density at radius 2 is 1.88 bits per heavy atom. The van der Waals surface area contributed by atoms with Gasteiger partial charge in [0, 0.05) is 23.0 Å². The Hall–Kier alpha value is -1.68. The van der Waals surface area contributed by atoms with E-state index in [0.29, 0.717) is 5.82 Å². The SMILES string of the molecule is Cc1ccc(S/N=N/c2ccccn2)cc1. The van der Waals surface area contributed by atoms with Crippen LogP contribution in [0, 0.1) is 6.92 Å². The molecule has 0 amide bonds. The molecular formula is C12H11N3S. The monoisotopic (exact) mass is 229 g/mol. The first-order chi connectivity index (χ1) is 7.84. The third-order valence-corrected chi connectivity index (χ3v) is 2.61. The minimum atomic E-state index is 0.627. The highest BCUT2D eigenvalue weighted by Gasteiger charge is 1.92. The molecule has 0 radical (unpaired) electrons. The lowest BCUT2D eigenvalue weighted by atomic mass is 10.2. The number of aryl methyl sites for hydroxylation is 1. The lowest BCUT2D eigenvalue weighted by molar-refractivity contribution is 1.20. The largest absolute Gasteiger partial charge is 0.236 e. The lowest BCUT2D eigenvalue weighted by Crippen LogP contribution is -1.71. The molecule has 1 heterocycles. The third-order valence-electron chi connectivity index (χ3n) is 1.96. The molecule has 0 atom stereocenters. The van der Waals surface area contributed by atoms with Gasteiger partial charge in [-0.2, -0.15) is 0 Å². The average molecular weight is 229 g/mol. The first-order valence-electron chi connectivity index (χ1n) is 4.90. The van der Waals surface area contributed by atoms with Crippen LogP contribution in [0.3, 0.4) is 0 Å². The van der Waals surface area contributed by atoms with Crippen molar-refractivity contribution in [1.29, 1.82) is 0 Å². The Morgan fingerprint density at radius 3 is 2.56 bits per heavy atom.